The Hall–Kier alpha value is -2.91. The van der Waals surface area contributed by atoms with Gasteiger partial charge in [0.05, 0.1) is 11.3 Å². The smallest absolute Gasteiger partial charge is 0.231 e. The second-order valence-electron chi connectivity index (χ2n) is 8.47. The zero-order valence-electron chi connectivity index (χ0n) is 18.1. The van der Waals surface area contributed by atoms with Crippen molar-refractivity contribution in [2.45, 2.75) is 32.1 Å². The number of para-hydroxylation sites is 1. The molecule has 6 nitrogen and oxygen atoms in total. The molecule has 2 aliphatic rings. The van der Waals surface area contributed by atoms with Gasteiger partial charge >= 0.3 is 0 Å². The first-order valence-corrected chi connectivity index (χ1v) is 11.4. The number of pyridine rings is 1. The Morgan fingerprint density at radius 3 is 2.48 bits per heavy atom. The fraction of sp³-hybridized carbons (Fsp3) is 0.480. The van der Waals surface area contributed by atoms with Crippen LogP contribution in [-0.2, 0) is 4.79 Å². The van der Waals surface area contributed by atoms with Gasteiger partial charge in [-0.25, -0.2) is 4.98 Å². The minimum Gasteiger partial charge on any atom is -0.368 e. The van der Waals surface area contributed by atoms with Crippen LogP contribution in [0.25, 0.3) is 0 Å². The molecule has 162 valence electrons. The summed E-state index contributed by atoms with van der Waals surface area (Å²) in [6, 6.07) is 15.9. The van der Waals surface area contributed by atoms with E-state index in [1.807, 2.05) is 47.4 Å². The van der Waals surface area contributed by atoms with Gasteiger partial charge in [0.1, 0.15) is 11.9 Å². The molecule has 1 aliphatic heterocycles. The molecule has 4 rings (SSSR count). The summed E-state index contributed by atoms with van der Waals surface area (Å²) in [5.41, 5.74) is 1.75. The number of aromatic nitrogens is 1. The molecule has 1 saturated heterocycles. The number of amides is 1. The Morgan fingerprint density at radius 2 is 1.77 bits per heavy atom. The highest BCUT2D eigenvalue weighted by molar-refractivity contribution is 5.94. The van der Waals surface area contributed by atoms with Crippen molar-refractivity contribution in [2.24, 2.45) is 5.92 Å². The average Bonchev–Trinajstić information content (AvgIpc) is 2.85. The quantitative estimate of drug-likeness (QED) is 0.717. The third kappa shape index (κ3) is 5.23. The first-order chi connectivity index (χ1) is 15.3. The minimum absolute atomic E-state index is 0.134. The fourth-order valence-electron chi connectivity index (χ4n) is 4.72. The van der Waals surface area contributed by atoms with Crippen LogP contribution in [0.4, 0.5) is 11.5 Å². The van der Waals surface area contributed by atoms with E-state index in [4.69, 9.17) is 0 Å². The topological polar surface area (TPSA) is 63.5 Å². The van der Waals surface area contributed by atoms with Gasteiger partial charge in [0.2, 0.25) is 5.91 Å². The summed E-state index contributed by atoms with van der Waals surface area (Å²) in [5, 5.41) is 9.38. The number of piperazine rings is 1. The molecule has 31 heavy (non-hydrogen) atoms. The molecule has 1 aliphatic carbocycles. The van der Waals surface area contributed by atoms with Crippen LogP contribution in [0.3, 0.4) is 0 Å². The van der Waals surface area contributed by atoms with Gasteiger partial charge in [-0.1, -0.05) is 37.5 Å². The molecule has 0 spiro atoms. The van der Waals surface area contributed by atoms with E-state index in [0.29, 0.717) is 6.54 Å². The Balaban J connectivity index is 1.37. The summed E-state index contributed by atoms with van der Waals surface area (Å²) in [4.78, 5) is 24.4. The van der Waals surface area contributed by atoms with Gasteiger partial charge in [0.15, 0.2) is 0 Å². The average molecular weight is 418 g/mol. The zero-order valence-corrected chi connectivity index (χ0v) is 18.1. The molecule has 2 fully saturated rings. The third-order valence-corrected chi connectivity index (χ3v) is 6.52. The van der Waals surface area contributed by atoms with Gasteiger partial charge in [0.25, 0.3) is 0 Å². The predicted molar refractivity (Wildman–Crippen MR) is 123 cm³/mol. The van der Waals surface area contributed by atoms with Crippen molar-refractivity contribution in [1.82, 2.24) is 9.88 Å². The van der Waals surface area contributed by atoms with Gasteiger partial charge in [-0.3, -0.25) is 14.6 Å². The van der Waals surface area contributed by atoms with Crippen molar-refractivity contribution in [2.75, 3.05) is 49.1 Å². The van der Waals surface area contributed by atoms with Crippen molar-refractivity contribution in [3.05, 3.63) is 54.2 Å². The number of benzene rings is 1. The van der Waals surface area contributed by atoms with Crippen LogP contribution in [-0.4, -0.2) is 55.1 Å². The normalized spacial score (nSPS) is 17.8. The van der Waals surface area contributed by atoms with Gasteiger partial charge < -0.3 is 4.90 Å². The van der Waals surface area contributed by atoms with Crippen molar-refractivity contribution in [3.63, 3.8) is 0 Å². The Morgan fingerprint density at radius 1 is 1.03 bits per heavy atom. The molecule has 0 atom stereocenters. The highest BCUT2D eigenvalue weighted by atomic mass is 16.2. The molecule has 1 saturated carbocycles. The van der Waals surface area contributed by atoms with Crippen molar-refractivity contribution >= 4 is 17.4 Å². The maximum absolute atomic E-state index is 13.3. The Bertz CT molecular complexity index is 896. The van der Waals surface area contributed by atoms with Crippen LogP contribution in [0, 0.1) is 17.2 Å². The summed E-state index contributed by atoms with van der Waals surface area (Å²) >= 11 is 0. The van der Waals surface area contributed by atoms with Gasteiger partial charge in [-0.2, -0.15) is 5.26 Å². The molecule has 6 heteroatoms. The Kier molecular flexibility index (Phi) is 7.16. The second-order valence-corrected chi connectivity index (χ2v) is 8.47. The molecule has 1 amide bonds. The molecular weight excluding hydrogens is 386 g/mol. The standard InChI is InChI=1S/C25H31N5O/c26-20-22-10-4-5-11-23(22)29-17-14-28(15-18-29)16-19-30(24-12-6-7-13-27-24)25(31)21-8-2-1-3-9-21/h4-7,10-13,21H,1-3,8-9,14-19H2. The highest BCUT2D eigenvalue weighted by Crippen LogP contribution is 2.27. The number of nitriles is 1. The van der Waals surface area contributed by atoms with E-state index in [2.05, 4.69) is 20.9 Å². The van der Waals surface area contributed by atoms with Crippen LogP contribution in [0.15, 0.2) is 48.7 Å². The number of carbonyl (C=O) groups excluding carboxylic acids is 1. The van der Waals surface area contributed by atoms with E-state index in [9.17, 15) is 10.1 Å². The van der Waals surface area contributed by atoms with Gasteiger partial charge in [0, 0.05) is 51.4 Å². The highest BCUT2D eigenvalue weighted by Gasteiger charge is 2.28. The first kappa shape index (κ1) is 21.3. The first-order valence-electron chi connectivity index (χ1n) is 11.4. The molecule has 0 unspecified atom stereocenters. The molecule has 0 N–H and O–H groups in total. The lowest BCUT2D eigenvalue weighted by atomic mass is 9.88. The summed E-state index contributed by atoms with van der Waals surface area (Å²) in [6.07, 6.45) is 7.31. The third-order valence-electron chi connectivity index (χ3n) is 6.52. The maximum Gasteiger partial charge on any atom is 0.231 e. The second kappa shape index (κ2) is 10.4. The number of nitrogens with zero attached hydrogens (tertiary/aromatic N) is 5. The van der Waals surface area contributed by atoms with Crippen LogP contribution in [0.2, 0.25) is 0 Å². The number of anilines is 2. The molecule has 0 bridgehead atoms. The van der Waals surface area contributed by atoms with E-state index >= 15 is 0 Å². The number of rotatable bonds is 6. The monoisotopic (exact) mass is 417 g/mol. The van der Waals surface area contributed by atoms with E-state index in [-0.39, 0.29) is 11.8 Å². The van der Waals surface area contributed by atoms with E-state index in [1.165, 1.54) is 6.42 Å². The lowest BCUT2D eigenvalue weighted by Gasteiger charge is -2.37. The van der Waals surface area contributed by atoms with Crippen LogP contribution in [0.1, 0.15) is 37.7 Å². The van der Waals surface area contributed by atoms with Crippen molar-refractivity contribution in [3.8, 4) is 6.07 Å². The molecule has 2 aromatic rings. The molecule has 1 aromatic carbocycles. The van der Waals surface area contributed by atoms with Crippen molar-refractivity contribution in [1.29, 1.82) is 5.26 Å². The van der Waals surface area contributed by atoms with Gasteiger partial charge in [-0.15, -0.1) is 0 Å². The van der Waals surface area contributed by atoms with Crippen LogP contribution < -0.4 is 9.80 Å². The lowest BCUT2D eigenvalue weighted by Crippen LogP contribution is -2.50. The number of hydrogen-bond donors (Lipinski definition) is 0. The number of hydrogen-bond acceptors (Lipinski definition) is 5. The largest absolute Gasteiger partial charge is 0.368 e. The predicted octanol–water partition coefficient (Wildman–Crippen LogP) is 3.69. The fourth-order valence-corrected chi connectivity index (χ4v) is 4.72. The molecular formula is C25H31N5O. The summed E-state index contributed by atoms with van der Waals surface area (Å²) in [7, 11) is 0. The van der Waals surface area contributed by atoms with Crippen LogP contribution >= 0.6 is 0 Å². The zero-order chi connectivity index (χ0) is 21.5. The molecule has 1 aromatic heterocycles. The maximum atomic E-state index is 13.3. The lowest BCUT2D eigenvalue weighted by molar-refractivity contribution is -0.123. The van der Waals surface area contributed by atoms with Crippen LogP contribution in [0.5, 0.6) is 0 Å². The number of carbonyl (C=O) groups is 1. The van der Waals surface area contributed by atoms with E-state index in [0.717, 1.165) is 75.5 Å². The van der Waals surface area contributed by atoms with Gasteiger partial charge in [-0.05, 0) is 37.1 Å². The minimum atomic E-state index is 0.134. The molecule has 2 heterocycles. The summed E-state index contributed by atoms with van der Waals surface area (Å²) in [5.74, 6) is 1.13. The van der Waals surface area contributed by atoms with E-state index in [1.54, 1.807) is 6.20 Å². The summed E-state index contributed by atoms with van der Waals surface area (Å²) < 4.78 is 0. The van der Waals surface area contributed by atoms with E-state index < -0.39 is 0 Å². The summed E-state index contributed by atoms with van der Waals surface area (Å²) in [6.45, 7) is 5.13. The van der Waals surface area contributed by atoms with Crippen molar-refractivity contribution < 1.29 is 4.79 Å². The Labute approximate surface area is 185 Å². The molecule has 0 radical (unpaired) electrons. The SMILES string of the molecule is N#Cc1ccccc1N1CCN(CCN(C(=O)C2CCCCC2)c2ccccn2)CC1.